The highest BCUT2D eigenvalue weighted by atomic mass is 31.2. The van der Waals surface area contributed by atoms with Gasteiger partial charge in [-0.25, -0.2) is 19.2 Å². The lowest BCUT2D eigenvalue weighted by Gasteiger charge is -2.41. The molecule has 43 heavy (non-hydrogen) atoms. The van der Waals surface area contributed by atoms with Gasteiger partial charge in [-0.05, 0) is 48.2 Å². The van der Waals surface area contributed by atoms with Crippen molar-refractivity contribution in [3.8, 4) is 0 Å². The van der Waals surface area contributed by atoms with Crippen LogP contribution in [0.2, 0.25) is 0 Å². The Kier molecular flexibility index (Phi) is 8.26. The monoisotopic (exact) mass is 590 g/mol. The van der Waals surface area contributed by atoms with Crippen LogP contribution in [0.1, 0.15) is 62.8 Å². The zero-order valence-corrected chi connectivity index (χ0v) is 27.5. The molecule has 1 fully saturated rings. The van der Waals surface area contributed by atoms with Crippen molar-refractivity contribution in [2.24, 2.45) is 16.6 Å². The Hall–Kier alpha value is -3.01. The summed E-state index contributed by atoms with van der Waals surface area (Å²) >= 11 is 0. The predicted molar refractivity (Wildman–Crippen MR) is 182 cm³/mol. The zero-order chi connectivity index (χ0) is 30.2. The van der Waals surface area contributed by atoms with Gasteiger partial charge in [-0.1, -0.05) is 162 Å². The van der Waals surface area contributed by atoms with Crippen LogP contribution >= 0.6 is 7.51 Å². The summed E-state index contributed by atoms with van der Waals surface area (Å²) in [6, 6.07) is 44.8. The van der Waals surface area contributed by atoms with Crippen molar-refractivity contribution < 1.29 is 0 Å². The second kappa shape index (κ2) is 11.8. The minimum absolute atomic E-state index is 0.172. The maximum absolute atomic E-state index is 6.27. The van der Waals surface area contributed by atoms with E-state index >= 15 is 0 Å². The Balaban J connectivity index is 1.72. The Morgan fingerprint density at radius 2 is 0.953 bits per heavy atom. The summed E-state index contributed by atoms with van der Waals surface area (Å²) in [5.74, 6) is 0.834. The van der Waals surface area contributed by atoms with Crippen LogP contribution in [0.25, 0.3) is 0 Å². The summed E-state index contributed by atoms with van der Waals surface area (Å²) in [6.45, 7) is 9.51. The van der Waals surface area contributed by atoms with Crippen molar-refractivity contribution in [1.82, 2.24) is 14.4 Å². The first kappa shape index (κ1) is 30.0. The highest BCUT2D eigenvalue weighted by molar-refractivity contribution is 7.60. The second-order valence-electron chi connectivity index (χ2n) is 12.6. The number of hydrogen-bond acceptors (Lipinski definition) is 4. The molecule has 4 aromatic rings. The third-order valence-electron chi connectivity index (χ3n) is 10.4. The third kappa shape index (κ3) is 4.49. The fourth-order valence-electron chi connectivity index (χ4n) is 8.09. The largest absolute Gasteiger partial charge is 0.244 e. The van der Waals surface area contributed by atoms with Gasteiger partial charge in [0.05, 0.1) is 11.6 Å². The van der Waals surface area contributed by atoms with Crippen molar-refractivity contribution in [1.29, 1.82) is 0 Å². The molecule has 1 N–H and O–H groups in total. The molecule has 1 saturated heterocycles. The summed E-state index contributed by atoms with van der Waals surface area (Å²) in [6.07, 6.45) is 2.16. The summed E-state index contributed by atoms with van der Waals surface area (Å²) in [5.41, 5.74) is 4.18. The van der Waals surface area contributed by atoms with Crippen LogP contribution in [-0.4, -0.2) is 35.5 Å². The Labute approximate surface area is 259 Å². The normalized spacial score (nSPS) is 26.3. The SMILES string of the molecule is CCC(C)C1N(C)P2(=NC1(c1ccccc1)c1ccccc1)NC(c1ccccc1)(c1ccccc1)C(C(C)CC)N2C. The van der Waals surface area contributed by atoms with Crippen molar-refractivity contribution >= 4 is 7.51 Å². The van der Waals surface area contributed by atoms with Gasteiger partial charge < -0.3 is 0 Å². The van der Waals surface area contributed by atoms with Gasteiger partial charge in [-0.15, -0.1) is 0 Å². The van der Waals surface area contributed by atoms with Crippen LogP contribution < -0.4 is 5.09 Å². The Morgan fingerprint density at radius 3 is 1.35 bits per heavy atom. The lowest BCUT2D eigenvalue weighted by molar-refractivity contribution is 0.201. The van der Waals surface area contributed by atoms with E-state index in [0.717, 1.165) is 12.8 Å². The average molecular weight is 591 g/mol. The van der Waals surface area contributed by atoms with Gasteiger partial charge in [0.2, 0.25) is 0 Å². The number of nitrogens with zero attached hydrogens (tertiary/aromatic N) is 3. The molecule has 224 valence electrons. The first-order valence-electron chi connectivity index (χ1n) is 16.0. The van der Waals surface area contributed by atoms with Gasteiger partial charge in [-0.3, -0.25) is 0 Å². The third-order valence-corrected chi connectivity index (χ3v) is 13.9. The lowest BCUT2D eigenvalue weighted by Crippen LogP contribution is -2.50. The first-order valence-corrected chi connectivity index (χ1v) is 17.6. The van der Waals surface area contributed by atoms with E-state index in [1.807, 2.05) is 0 Å². The predicted octanol–water partition coefficient (Wildman–Crippen LogP) is 9.13. The molecule has 5 unspecified atom stereocenters. The first-order chi connectivity index (χ1) is 20.9. The molecule has 4 nitrogen and oxygen atoms in total. The second-order valence-corrected chi connectivity index (χ2v) is 15.4. The molecule has 1 spiro atoms. The van der Waals surface area contributed by atoms with Gasteiger partial charge in [0.1, 0.15) is 5.54 Å². The molecule has 4 aromatic carbocycles. The highest BCUT2D eigenvalue weighted by Gasteiger charge is 2.65. The highest BCUT2D eigenvalue weighted by Crippen LogP contribution is 2.73. The van der Waals surface area contributed by atoms with Crippen LogP contribution in [-0.2, 0) is 11.1 Å². The molecule has 2 heterocycles. The van der Waals surface area contributed by atoms with Gasteiger partial charge >= 0.3 is 0 Å². The van der Waals surface area contributed by atoms with E-state index in [0.29, 0.717) is 11.8 Å². The van der Waals surface area contributed by atoms with Crippen LogP contribution in [0.5, 0.6) is 0 Å². The number of hydrogen-bond donors (Lipinski definition) is 1. The molecule has 2 aliphatic rings. The quantitative estimate of drug-likeness (QED) is 0.208. The zero-order valence-electron chi connectivity index (χ0n) is 26.6. The molecule has 0 amide bonds. The van der Waals surface area contributed by atoms with Crippen LogP contribution in [0.15, 0.2) is 126 Å². The van der Waals surface area contributed by atoms with Gasteiger partial charge in [-0.2, -0.15) is 0 Å². The van der Waals surface area contributed by atoms with Crippen LogP contribution in [0.4, 0.5) is 0 Å². The topological polar surface area (TPSA) is 30.9 Å². The van der Waals surface area contributed by atoms with Crippen molar-refractivity contribution in [2.45, 2.75) is 63.7 Å². The summed E-state index contributed by atoms with van der Waals surface area (Å²) < 4.78 is 11.6. The maximum Gasteiger partial charge on any atom is 0.167 e. The van der Waals surface area contributed by atoms with Crippen molar-refractivity contribution in [3.63, 3.8) is 0 Å². The molecule has 6 rings (SSSR count). The summed E-state index contributed by atoms with van der Waals surface area (Å²) in [7, 11) is 2.22. The van der Waals surface area contributed by atoms with Gasteiger partial charge in [0.25, 0.3) is 0 Å². The number of benzene rings is 4. The van der Waals surface area contributed by atoms with Gasteiger partial charge in [0.15, 0.2) is 7.51 Å². The minimum atomic E-state index is -2.49. The van der Waals surface area contributed by atoms with E-state index in [4.69, 9.17) is 4.74 Å². The van der Waals surface area contributed by atoms with E-state index in [1.165, 1.54) is 22.3 Å². The van der Waals surface area contributed by atoms with Crippen LogP contribution in [0.3, 0.4) is 0 Å². The molecule has 0 radical (unpaired) electrons. The molecular formula is C38H47N4P. The molecule has 0 bridgehead atoms. The molecule has 5 atom stereocenters. The lowest BCUT2D eigenvalue weighted by atomic mass is 9.73. The standard InChI is InChI=1S/C38H47N4P/c1-7-29(3)35-37(31-21-13-9-14-22-31,32-23-15-10-16-24-32)39-43(41(35)5)40-38(33-25-17-11-18-26-33,34-27-19-12-20-28-34)36(42(43)6)30(4)8-2/h9-30,35-36,39H,7-8H2,1-6H3. The molecule has 0 aliphatic carbocycles. The van der Waals surface area contributed by atoms with Gasteiger partial charge in [0, 0.05) is 6.04 Å². The molecule has 5 heteroatoms. The molecule has 2 aliphatic heterocycles. The fraction of sp³-hybridized carbons (Fsp3) is 0.368. The molecular weight excluding hydrogens is 543 g/mol. The van der Waals surface area contributed by atoms with Crippen molar-refractivity contribution in [3.05, 3.63) is 144 Å². The number of nitrogens with one attached hydrogen (secondary N) is 1. The summed E-state index contributed by atoms with van der Waals surface area (Å²) in [4.78, 5) is 0. The van der Waals surface area contributed by atoms with E-state index in [2.05, 4.69) is 178 Å². The Morgan fingerprint density at radius 1 is 0.605 bits per heavy atom. The van der Waals surface area contributed by atoms with E-state index < -0.39 is 18.6 Å². The summed E-state index contributed by atoms with van der Waals surface area (Å²) in [5, 5.41) is 4.48. The van der Waals surface area contributed by atoms with Crippen molar-refractivity contribution in [2.75, 3.05) is 14.1 Å². The smallest absolute Gasteiger partial charge is 0.167 e. The van der Waals surface area contributed by atoms with E-state index in [-0.39, 0.29) is 12.1 Å². The van der Waals surface area contributed by atoms with E-state index in [1.54, 1.807) is 0 Å². The minimum Gasteiger partial charge on any atom is -0.244 e. The Bertz CT molecular complexity index is 1480. The maximum atomic E-state index is 6.27. The number of likely N-dealkylation sites (N-methyl/N-ethyl adjacent to an activating group) is 2. The van der Waals surface area contributed by atoms with E-state index in [9.17, 15) is 0 Å². The molecule has 0 aromatic heterocycles. The van der Waals surface area contributed by atoms with Crippen LogP contribution in [0, 0.1) is 11.8 Å². The molecule has 0 saturated carbocycles. The number of rotatable bonds is 8. The average Bonchev–Trinajstić information content (AvgIpc) is 3.50. The fourth-order valence-corrected chi connectivity index (χ4v) is 12.3.